The third-order valence-electron chi connectivity index (χ3n) is 1.73. The third-order valence-corrected chi connectivity index (χ3v) is 2.42. The Labute approximate surface area is 93.3 Å². The number of nitrogens with two attached hydrogens (primary N) is 1. The van der Waals surface area contributed by atoms with E-state index in [1.165, 1.54) is 19.1 Å². The predicted molar refractivity (Wildman–Crippen MR) is 55.2 cm³/mol. The van der Waals surface area contributed by atoms with Gasteiger partial charge in [-0.25, -0.2) is 0 Å². The van der Waals surface area contributed by atoms with E-state index in [1.54, 1.807) is 0 Å². The van der Waals surface area contributed by atoms with Gasteiger partial charge in [-0.15, -0.1) is 0 Å². The normalized spacial score (nSPS) is 10.5. The molecular weight excluding hydrogens is 272 g/mol. The van der Waals surface area contributed by atoms with E-state index < -0.39 is 6.61 Å². The molecule has 1 aromatic rings. The highest BCUT2D eigenvalue weighted by molar-refractivity contribution is 9.10. The molecule has 0 aliphatic rings. The molecule has 0 aromatic heterocycles. The Hall–Kier alpha value is -1.17. The first kappa shape index (κ1) is 11.9. The molecule has 0 aliphatic carbocycles. The SMILES string of the molecule is CC(=O)c1ccc(Br)c(N)c1OC(F)F. The molecule has 0 saturated heterocycles. The van der Waals surface area contributed by atoms with Crippen molar-refractivity contribution in [2.24, 2.45) is 0 Å². The molecule has 0 spiro atoms. The maximum atomic E-state index is 12.1. The summed E-state index contributed by atoms with van der Waals surface area (Å²) in [5.41, 5.74) is 5.54. The Balaban J connectivity index is 3.28. The van der Waals surface area contributed by atoms with Crippen LogP contribution in [0.4, 0.5) is 14.5 Å². The number of ether oxygens (including phenoxy) is 1. The van der Waals surface area contributed by atoms with Crippen molar-refractivity contribution >= 4 is 27.4 Å². The maximum absolute atomic E-state index is 12.1. The predicted octanol–water partition coefficient (Wildman–Crippen LogP) is 2.84. The molecule has 1 aromatic carbocycles. The highest BCUT2D eigenvalue weighted by Crippen LogP contribution is 2.34. The van der Waals surface area contributed by atoms with Crippen molar-refractivity contribution in [3.63, 3.8) is 0 Å². The van der Waals surface area contributed by atoms with E-state index in [9.17, 15) is 13.6 Å². The van der Waals surface area contributed by atoms with E-state index in [4.69, 9.17) is 5.73 Å². The second kappa shape index (κ2) is 4.57. The molecule has 0 amide bonds. The molecule has 15 heavy (non-hydrogen) atoms. The van der Waals surface area contributed by atoms with Gasteiger partial charge in [0, 0.05) is 4.47 Å². The van der Waals surface area contributed by atoms with Crippen molar-refractivity contribution in [2.45, 2.75) is 13.5 Å². The van der Waals surface area contributed by atoms with Crippen LogP contribution in [0.2, 0.25) is 0 Å². The number of carbonyl (C=O) groups excluding carboxylic acids is 1. The number of ketones is 1. The maximum Gasteiger partial charge on any atom is 0.387 e. The molecule has 6 heteroatoms. The van der Waals surface area contributed by atoms with Crippen LogP contribution in [0, 0.1) is 0 Å². The van der Waals surface area contributed by atoms with Crippen molar-refractivity contribution in [3.8, 4) is 5.75 Å². The van der Waals surface area contributed by atoms with E-state index in [2.05, 4.69) is 20.7 Å². The molecule has 0 atom stereocenters. The zero-order chi connectivity index (χ0) is 11.6. The van der Waals surface area contributed by atoms with Crippen LogP contribution in [0.5, 0.6) is 5.75 Å². The number of rotatable bonds is 3. The van der Waals surface area contributed by atoms with Crippen LogP contribution in [0.25, 0.3) is 0 Å². The van der Waals surface area contributed by atoms with E-state index in [0.717, 1.165) is 0 Å². The van der Waals surface area contributed by atoms with Crippen LogP contribution in [0.15, 0.2) is 16.6 Å². The molecule has 0 aliphatic heterocycles. The minimum Gasteiger partial charge on any atom is -0.432 e. The first-order valence-corrected chi connectivity index (χ1v) is 4.76. The van der Waals surface area contributed by atoms with Crippen molar-refractivity contribution in [3.05, 3.63) is 22.2 Å². The molecule has 0 heterocycles. The van der Waals surface area contributed by atoms with Crippen LogP contribution in [0.1, 0.15) is 17.3 Å². The van der Waals surface area contributed by atoms with Gasteiger partial charge in [-0.2, -0.15) is 8.78 Å². The summed E-state index contributed by atoms with van der Waals surface area (Å²) in [7, 11) is 0. The number of benzene rings is 1. The van der Waals surface area contributed by atoms with Crippen molar-refractivity contribution < 1.29 is 18.3 Å². The summed E-state index contributed by atoms with van der Waals surface area (Å²) in [5, 5.41) is 0. The number of Topliss-reactive ketones (excluding diaryl/α,β-unsaturated/α-hetero) is 1. The van der Waals surface area contributed by atoms with Crippen LogP contribution >= 0.6 is 15.9 Å². The lowest BCUT2D eigenvalue weighted by atomic mass is 10.1. The van der Waals surface area contributed by atoms with Gasteiger partial charge in [0.05, 0.1) is 11.3 Å². The van der Waals surface area contributed by atoms with Gasteiger partial charge in [-0.3, -0.25) is 4.79 Å². The van der Waals surface area contributed by atoms with Crippen LogP contribution in [0.3, 0.4) is 0 Å². The van der Waals surface area contributed by atoms with Crippen molar-refractivity contribution in [2.75, 3.05) is 5.73 Å². The first-order valence-electron chi connectivity index (χ1n) is 3.97. The minimum atomic E-state index is -3.01. The van der Waals surface area contributed by atoms with Crippen LogP contribution in [-0.4, -0.2) is 12.4 Å². The number of carbonyl (C=O) groups is 1. The number of nitrogen functional groups attached to an aromatic ring is 1. The third kappa shape index (κ3) is 2.65. The Bertz CT molecular complexity index is 396. The van der Waals surface area contributed by atoms with Gasteiger partial charge < -0.3 is 10.5 Å². The zero-order valence-electron chi connectivity index (χ0n) is 7.76. The lowest BCUT2D eigenvalue weighted by Gasteiger charge is -2.12. The Morgan fingerprint density at radius 1 is 1.53 bits per heavy atom. The number of hydrogen-bond acceptors (Lipinski definition) is 3. The minimum absolute atomic E-state index is 0.0111. The smallest absolute Gasteiger partial charge is 0.387 e. The second-order valence-electron chi connectivity index (χ2n) is 2.77. The van der Waals surface area contributed by atoms with Gasteiger partial charge in [0.1, 0.15) is 0 Å². The Morgan fingerprint density at radius 2 is 2.13 bits per heavy atom. The van der Waals surface area contributed by atoms with E-state index in [1.807, 2.05) is 0 Å². The Kier molecular flexibility index (Phi) is 3.62. The van der Waals surface area contributed by atoms with Gasteiger partial charge in [0.2, 0.25) is 0 Å². The lowest BCUT2D eigenvalue weighted by molar-refractivity contribution is -0.0496. The standard InChI is InChI=1S/C9H8BrF2NO2/c1-4(14)5-2-3-6(10)7(13)8(5)15-9(11)12/h2-3,9H,13H2,1H3. The van der Waals surface area contributed by atoms with Gasteiger partial charge in [0.15, 0.2) is 11.5 Å². The van der Waals surface area contributed by atoms with Crippen LogP contribution < -0.4 is 10.5 Å². The molecule has 0 fully saturated rings. The highest BCUT2D eigenvalue weighted by atomic mass is 79.9. The van der Waals surface area contributed by atoms with Crippen molar-refractivity contribution in [1.29, 1.82) is 0 Å². The number of alkyl halides is 2. The molecule has 2 N–H and O–H groups in total. The second-order valence-corrected chi connectivity index (χ2v) is 3.63. The van der Waals surface area contributed by atoms with E-state index >= 15 is 0 Å². The monoisotopic (exact) mass is 279 g/mol. The number of halogens is 3. The Morgan fingerprint density at radius 3 is 2.60 bits per heavy atom. The van der Waals surface area contributed by atoms with E-state index in [0.29, 0.717) is 4.47 Å². The quantitative estimate of drug-likeness (QED) is 0.684. The molecule has 1 rings (SSSR count). The topological polar surface area (TPSA) is 52.3 Å². The molecule has 0 saturated carbocycles. The fraction of sp³-hybridized carbons (Fsp3) is 0.222. The summed E-state index contributed by atoms with van der Waals surface area (Å²) in [4.78, 5) is 11.1. The summed E-state index contributed by atoms with van der Waals surface area (Å²) in [6.07, 6.45) is 0. The van der Waals surface area contributed by atoms with Gasteiger partial charge in [-0.1, -0.05) is 0 Å². The first-order chi connectivity index (χ1) is 6.93. The van der Waals surface area contributed by atoms with Gasteiger partial charge >= 0.3 is 6.61 Å². The summed E-state index contributed by atoms with van der Waals surface area (Å²) in [6.45, 7) is -1.76. The molecule has 82 valence electrons. The fourth-order valence-electron chi connectivity index (χ4n) is 1.07. The average molecular weight is 280 g/mol. The molecule has 0 radical (unpaired) electrons. The van der Waals surface area contributed by atoms with Gasteiger partial charge in [0.25, 0.3) is 0 Å². The lowest BCUT2D eigenvalue weighted by Crippen LogP contribution is -2.09. The largest absolute Gasteiger partial charge is 0.432 e. The van der Waals surface area contributed by atoms with E-state index in [-0.39, 0.29) is 22.8 Å². The summed E-state index contributed by atoms with van der Waals surface area (Å²) in [6, 6.07) is 2.88. The summed E-state index contributed by atoms with van der Waals surface area (Å²) < 4.78 is 28.8. The molecule has 0 unspecified atom stereocenters. The average Bonchev–Trinajstić information content (AvgIpc) is 2.12. The molecule has 3 nitrogen and oxygen atoms in total. The fourth-order valence-corrected chi connectivity index (χ4v) is 1.38. The summed E-state index contributed by atoms with van der Waals surface area (Å²) in [5.74, 6) is -0.670. The number of anilines is 1. The zero-order valence-corrected chi connectivity index (χ0v) is 9.35. The van der Waals surface area contributed by atoms with Crippen molar-refractivity contribution in [1.82, 2.24) is 0 Å². The summed E-state index contributed by atoms with van der Waals surface area (Å²) >= 11 is 3.06. The molecule has 0 bridgehead atoms. The van der Waals surface area contributed by atoms with Gasteiger partial charge in [-0.05, 0) is 35.0 Å². The number of hydrogen-bond donors (Lipinski definition) is 1. The van der Waals surface area contributed by atoms with Crippen LogP contribution in [-0.2, 0) is 0 Å². The highest BCUT2D eigenvalue weighted by Gasteiger charge is 2.17. The molecular formula is C9H8BrF2NO2.